The number of carbonyl (C=O) groups excluding carboxylic acids is 2. The summed E-state index contributed by atoms with van der Waals surface area (Å²) in [5.41, 5.74) is 6.83. The third-order valence-corrected chi connectivity index (χ3v) is 7.65. The summed E-state index contributed by atoms with van der Waals surface area (Å²) in [5, 5.41) is 10.2. The Morgan fingerprint density at radius 1 is 1.00 bits per heavy atom. The topological polar surface area (TPSA) is 114 Å². The number of nitrogens with one attached hydrogen (secondary N) is 2. The van der Waals surface area contributed by atoms with Crippen LogP contribution in [0.4, 0.5) is 18.9 Å². The molecule has 0 aliphatic carbocycles. The van der Waals surface area contributed by atoms with E-state index in [4.69, 9.17) is 28.9 Å². The Morgan fingerprint density at radius 2 is 1.69 bits per heavy atom. The van der Waals surface area contributed by atoms with Gasteiger partial charge in [0, 0.05) is 10.9 Å². The van der Waals surface area contributed by atoms with Gasteiger partial charge in [0.05, 0.1) is 21.4 Å². The van der Waals surface area contributed by atoms with Crippen LogP contribution in [-0.2, 0) is 6.18 Å². The van der Waals surface area contributed by atoms with Crippen molar-refractivity contribution in [2.24, 2.45) is 5.73 Å². The number of halogens is 5. The molecule has 0 fully saturated rings. The molecule has 0 aliphatic heterocycles. The third kappa shape index (κ3) is 5.20. The molecular formula is C26H16Cl2F3N5O2S. The molecule has 0 atom stereocenters. The molecule has 39 heavy (non-hydrogen) atoms. The van der Waals surface area contributed by atoms with Crippen molar-refractivity contribution in [1.29, 1.82) is 0 Å². The van der Waals surface area contributed by atoms with Crippen molar-refractivity contribution < 1.29 is 22.8 Å². The van der Waals surface area contributed by atoms with Crippen LogP contribution in [0.3, 0.4) is 0 Å². The average molecular weight is 590 g/mol. The van der Waals surface area contributed by atoms with Gasteiger partial charge in [0.1, 0.15) is 21.1 Å². The maximum Gasteiger partial charge on any atom is 0.433 e. The molecule has 5 rings (SSSR count). The summed E-state index contributed by atoms with van der Waals surface area (Å²) in [6.07, 6.45) is -4.75. The van der Waals surface area contributed by atoms with Gasteiger partial charge in [-0.2, -0.15) is 18.3 Å². The number of primary amides is 1. The summed E-state index contributed by atoms with van der Waals surface area (Å²) in [5.74, 6) is -1.64. The number of pyridine rings is 1. The zero-order valence-electron chi connectivity index (χ0n) is 19.8. The molecule has 0 saturated heterocycles. The number of alkyl halides is 3. The van der Waals surface area contributed by atoms with Crippen molar-refractivity contribution >= 4 is 62.3 Å². The first-order chi connectivity index (χ1) is 18.4. The average Bonchev–Trinajstić information content (AvgIpc) is 3.51. The molecule has 13 heteroatoms. The zero-order chi connectivity index (χ0) is 28.1. The Bertz CT molecular complexity index is 1760. The van der Waals surface area contributed by atoms with Gasteiger partial charge in [-0.1, -0.05) is 59.1 Å². The Balaban J connectivity index is 1.63. The number of amides is 2. The molecule has 7 nitrogen and oxygen atoms in total. The van der Waals surface area contributed by atoms with Crippen LogP contribution in [0.15, 0.2) is 54.6 Å². The number of carbonyl (C=O) groups is 2. The van der Waals surface area contributed by atoms with Crippen LogP contribution >= 0.6 is 34.5 Å². The highest BCUT2D eigenvalue weighted by atomic mass is 35.5. The second-order valence-electron chi connectivity index (χ2n) is 8.52. The van der Waals surface area contributed by atoms with Crippen LogP contribution in [0.5, 0.6) is 0 Å². The fourth-order valence-electron chi connectivity index (χ4n) is 3.92. The lowest BCUT2D eigenvalue weighted by Gasteiger charge is -2.12. The molecule has 0 aliphatic rings. The fraction of sp³-hybridized carbons (Fsp3) is 0.0769. The molecule has 3 heterocycles. The number of anilines is 1. The number of aromatic amines is 1. The number of aryl methyl sites for hydroxylation is 1. The summed E-state index contributed by atoms with van der Waals surface area (Å²) in [6, 6.07) is 13.9. The van der Waals surface area contributed by atoms with Crippen molar-refractivity contribution in [1.82, 2.24) is 15.2 Å². The highest BCUT2D eigenvalue weighted by Gasteiger charge is 2.35. The smallest absolute Gasteiger partial charge is 0.365 e. The lowest BCUT2D eigenvalue weighted by molar-refractivity contribution is -0.140. The van der Waals surface area contributed by atoms with Crippen molar-refractivity contribution in [3.05, 3.63) is 86.5 Å². The Hall–Kier alpha value is -3.93. The minimum atomic E-state index is -4.75. The first kappa shape index (κ1) is 26.7. The van der Waals surface area contributed by atoms with Crippen molar-refractivity contribution in [2.45, 2.75) is 13.1 Å². The number of thiophene rings is 1. The molecule has 0 unspecified atom stereocenters. The van der Waals surface area contributed by atoms with Gasteiger partial charge in [-0.3, -0.25) is 14.7 Å². The van der Waals surface area contributed by atoms with Gasteiger partial charge in [-0.15, -0.1) is 11.3 Å². The quantitative estimate of drug-likeness (QED) is 0.199. The predicted octanol–water partition coefficient (Wildman–Crippen LogP) is 7.34. The Labute approximate surface area is 232 Å². The van der Waals surface area contributed by atoms with Gasteiger partial charge >= 0.3 is 6.18 Å². The van der Waals surface area contributed by atoms with Gasteiger partial charge in [-0.05, 0) is 42.3 Å². The van der Waals surface area contributed by atoms with Gasteiger partial charge in [0.2, 0.25) is 0 Å². The standard InChI is InChI=1S/C26H16Cl2F3N5O2S/c1-11-2-4-12(5-3-11)14-9-19(26(29,30)31)33-25-20(14)21(22(39-25)23(32)37)34-24(38)18-10-17(35-36-18)13-6-7-15(27)16(28)8-13/h2-10H,1H3,(H2,32,37)(H,34,38)(H,35,36). The first-order valence-electron chi connectivity index (χ1n) is 11.2. The van der Waals surface area contributed by atoms with E-state index in [2.05, 4.69) is 20.5 Å². The summed E-state index contributed by atoms with van der Waals surface area (Å²) < 4.78 is 41.1. The number of hydrogen-bond acceptors (Lipinski definition) is 5. The van der Waals surface area contributed by atoms with E-state index in [9.17, 15) is 22.8 Å². The highest BCUT2D eigenvalue weighted by molar-refractivity contribution is 7.21. The van der Waals surface area contributed by atoms with Gasteiger partial charge in [-0.25, -0.2) is 4.98 Å². The van der Waals surface area contributed by atoms with E-state index >= 15 is 0 Å². The van der Waals surface area contributed by atoms with Crippen LogP contribution < -0.4 is 11.1 Å². The number of hydrogen-bond donors (Lipinski definition) is 3. The molecule has 0 spiro atoms. The van der Waals surface area contributed by atoms with Gasteiger partial charge < -0.3 is 11.1 Å². The molecule has 0 bridgehead atoms. The maximum atomic E-state index is 13.7. The van der Waals surface area contributed by atoms with Gasteiger partial charge in [0.25, 0.3) is 11.8 Å². The SMILES string of the molecule is Cc1ccc(-c2cc(C(F)(F)F)nc3sc(C(N)=O)c(NC(=O)c4cc(-c5ccc(Cl)c(Cl)c5)n[nH]4)c23)cc1. The number of H-pyrrole nitrogens is 1. The molecule has 5 aromatic rings. The normalized spacial score (nSPS) is 11.6. The minimum absolute atomic E-state index is 0.0163. The molecular weight excluding hydrogens is 574 g/mol. The molecule has 0 radical (unpaired) electrons. The Kier molecular flexibility index (Phi) is 6.83. The maximum absolute atomic E-state index is 13.7. The second-order valence-corrected chi connectivity index (χ2v) is 10.3. The third-order valence-electron chi connectivity index (χ3n) is 5.82. The molecule has 0 saturated carbocycles. The van der Waals surface area contributed by atoms with Crippen LogP contribution in [0.1, 0.15) is 31.4 Å². The van der Waals surface area contributed by atoms with E-state index in [1.54, 1.807) is 42.5 Å². The van der Waals surface area contributed by atoms with Crippen LogP contribution in [-0.4, -0.2) is 27.0 Å². The van der Waals surface area contributed by atoms with Crippen molar-refractivity contribution in [3.63, 3.8) is 0 Å². The monoisotopic (exact) mass is 589 g/mol. The van der Waals surface area contributed by atoms with Gasteiger partial charge in [0.15, 0.2) is 0 Å². The lowest BCUT2D eigenvalue weighted by Crippen LogP contribution is -2.17. The van der Waals surface area contributed by atoms with E-state index in [-0.39, 0.29) is 32.0 Å². The molecule has 3 aromatic heterocycles. The minimum Gasteiger partial charge on any atom is -0.365 e. The van der Waals surface area contributed by atoms with E-state index in [0.29, 0.717) is 38.2 Å². The van der Waals surface area contributed by atoms with Crippen molar-refractivity contribution in [3.8, 4) is 22.4 Å². The van der Waals surface area contributed by atoms with Crippen LogP contribution in [0.2, 0.25) is 10.0 Å². The van der Waals surface area contributed by atoms with E-state index in [1.165, 1.54) is 6.07 Å². The summed E-state index contributed by atoms with van der Waals surface area (Å²) in [6.45, 7) is 1.84. The van der Waals surface area contributed by atoms with Crippen molar-refractivity contribution in [2.75, 3.05) is 5.32 Å². The van der Waals surface area contributed by atoms with E-state index in [1.807, 2.05) is 6.92 Å². The number of aromatic nitrogens is 3. The zero-order valence-corrected chi connectivity index (χ0v) is 22.1. The number of nitrogens with zero attached hydrogens (tertiary/aromatic N) is 2. The number of fused-ring (bicyclic) bond motifs is 1. The molecule has 198 valence electrons. The summed E-state index contributed by atoms with van der Waals surface area (Å²) in [7, 11) is 0. The van der Waals surface area contributed by atoms with Crippen LogP contribution in [0, 0.1) is 6.92 Å². The van der Waals surface area contributed by atoms with Crippen LogP contribution in [0.25, 0.3) is 32.6 Å². The largest absolute Gasteiger partial charge is 0.433 e. The number of nitrogens with two attached hydrogens (primary N) is 1. The number of rotatable bonds is 5. The molecule has 2 amide bonds. The van der Waals surface area contributed by atoms with E-state index in [0.717, 1.165) is 11.6 Å². The lowest BCUT2D eigenvalue weighted by atomic mass is 10.00. The highest BCUT2D eigenvalue weighted by Crippen LogP contribution is 2.44. The Morgan fingerprint density at radius 3 is 2.33 bits per heavy atom. The fourth-order valence-corrected chi connectivity index (χ4v) is 5.22. The first-order valence-corrected chi connectivity index (χ1v) is 12.7. The second kappa shape index (κ2) is 9.99. The summed E-state index contributed by atoms with van der Waals surface area (Å²) in [4.78, 5) is 29.0. The number of benzene rings is 2. The molecule has 4 N–H and O–H groups in total. The van der Waals surface area contributed by atoms with E-state index < -0.39 is 23.7 Å². The molecule has 2 aromatic carbocycles. The summed E-state index contributed by atoms with van der Waals surface area (Å²) >= 11 is 12.7. The predicted molar refractivity (Wildman–Crippen MR) is 145 cm³/mol.